The molecule has 5 heteroatoms. The van der Waals surface area contributed by atoms with Crippen molar-refractivity contribution in [1.29, 1.82) is 0 Å². The lowest BCUT2D eigenvalue weighted by molar-refractivity contribution is 0.244. The Balaban J connectivity index is 1.95. The first-order valence-corrected chi connectivity index (χ1v) is 9.36. The van der Waals surface area contributed by atoms with E-state index in [9.17, 15) is 0 Å². The van der Waals surface area contributed by atoms with Gasteiger partial charge in [-0.05, 0) is 32.4 Å². The Hall–Kier alpha value is -3.08. The summed E-state index contributed by atoms with van der Waals surface area (Å²) in [5.74, 6) is 2.14. The molecule has 0 amide bonds. The minimum absolute atomic E-state index is 0.0972. The Labute approximate surface area is 160 Å². The van der Waals surface area contributed by atoms with Crippen LogP contribution in [0.3, 0.4) is 0 Å². The van der Waals surface area contributed by atoms with Crippen LogP contribution in [0.4, 0.5) is 17.5 Å². The van der Waals surface area contributed by atoms with E-state index in [0.717, 1.165) is 41.5 Å². The van der Waals surface area contributed by atoms with E-state index in [0.29, 0.717) is 5.95 Å². The van der Waals surface area contributed by atoms with Gasteiger partial charge in [-0.2, -0.15) is 4.98 Å². The molecule has 0 bridgehead atoms. The maximum Gasteiger partial charge on any atom is 0.225 e. The number of benzene rings is 2. The topological polar surface area (TPSA) is 59.1 Å². The molecule has 5 nitrogen and oxygen atoms in total. The van der Waals surface area contributed by atoms with Crippen molar-refractivity contribution in [2.75, 3.05) is 17.2 Å². The van der Waals surface area contributed by atoms with E-state index in [-0.39, 0.29) is 6.10 Å². The summed E-state index contributed by atoms with van der Waals surface area (Å²) in [6.07, 6.45) is 1.10. The molecule has 0 fully saturated rings. The molecular formula is C22H26N4O. The van der Waals surface area contributed by atoms with Crippen molar-refractivity contribution in [3.8, 4) is 17.0 Å². The molecule has 140 valence electrons. The maximum absolute atomic E-state index is 5.91. The molecule has 2 aromatic carbocycles. The van der Waals surface area contributed by atoms with Crippen molar-refractivity contribution in [2.45, 2.75) is 33.3 Å². The standard InChI is InChI=1S/C22H26N4O/c1-4-14-23-22-25-19(17-10-6-5-7-11-17)15-21(26-22)24-18-12-8-9-13-20(18)27-16(2)3/h5-13,15-16H,4,14H2,1-3H3,(H2,23,24,25,26). The molecule has 0 aliphatic carbocycles. The van der Waals surface area contributed by atoms with Gasteiger partial charge in [0.2, 0.25) is 5.95 Å². The van der Waals surface area contributed by atoms with Gasteiger partial charge in [0.1, 0.15) is 11.6 Å². The first-order valence-electron chi connectivity index (χ1n) is 9.36. The van der Waals surface area contributed by atoms with Gasteiger partial charge in [0.05, 0.1) is 17.5 Å². The highest BCUT2D eigenvalue weighted by Crippen LogP contribution is 2.29. The first kappa shape index (κ1) is 18.7. The normalized spacial score (nSPS) is 10.7. The summed E-state index contributed by atoms with van der Waals surface area (Å²) in [6.45, 7) is 6.97. The first-order chi connectivity index (χ1) is 13.2. The Kier molecular flexibility index (Phi) is 6.26. The Bertz CT molecular complexity index is 865. The summed E-state index contributed by atoms with van der Waals surface area (Å²) in [7, 11) is 0. The Morgan fingerprint density at radius 3 is 2.44 bits per heavy atom. The summed E-state index contributed by atoms with van der Waals surface area (Å²) < 4.78 is 5.91. The summed E-state index contributed by atoms with van der Waals surface area (Å²) in [5.41, 5.74) is 2.80. The SMILES string of the molecule is CCCNc1nc(Nc2ccccc2OC(C)C)cc(-c2ccccc2)n1. The molecule has 3 rings (SSSR count). The second-order valence-corrected chi connectivity index (χ2v) is 6.54. The number of nitrogens with zero attached hydrogens (tertiary/aromatic N) is 2. The van der Waals surface area contributed by atoms with Crippen LogP contribution < -0.4 is 15.4 Å². The van der Waals surface area contributed by atoms with E-state index in [1.807, 2.05) is 74.5 Å². The second-order valence-electron chi connectivity index (χ2n) is 6.54. The number of ether oxygens (including phenoxy) is 1. The summed E-state index contributed by atoms with van der Waals surface area (Å²) >= 11 is 0. The smallest absolute Gasteiger partial charge is 0.225 e. The number of hydrogen-bond donors (Lipinski definition) is 2. The van der Waals surface area contributed by atoms with Crippen LogP contribution in [-0.4, -0.2) is 22.6 Å². The predicted molar refractivity (Wildman–Crippen MR) is 112 cm³/mol. The molecule has 3 aromatic rings. The third-order valence-corrected chi connectivity index (χ3v) is 3.84. The monoisotopic (exact) mass is 362 g/mol. The molecule has 0 aliphatic rings. The highest BCUT2D eigenvalue weighted by atomic mass is 16.5. The van der Waals surface area contributed by atoms with Crippen LogP contribution in [-0.2, 0) is 0 Å². The average molecular weight is 362 g/mol. The number of hydrogen-bond acceptors (Lipinski definition) is 5. The van der Waals surface area contributed by atoms with Gasteiger partial charge in [-0.1, -0.05) is 49.4 Å². The fourth-order valence-corrected chi connectivity index (χ4v) is 2.65. The maximum atomic E-state index is 5.91. The van der Waals surface area contributed by atoms with E-state index in [4.69, 9.17) is 4.74 Å². The Morgan fingerprint density at radius 2 is 1.70 bits per heavy atom. The van der Waals surface area contributed by atoms with Gasteiger partial charge in [0.15, 0.2) is 0 Å². The van der Waals surface area contributed by atoms with Crippen LogP contribution >= 0.6 is 0 Å². The molecule has 0 saturated carbocycles. The highest BCUT2D eigenvalue weighted by Gasteiger charge is 2.10. The van der Waals surface area contributed by atoms with E-state index in [2.05, 4.69) is 27.5 Å². The zero-order chi connectivity index (χ0) is 19.1. The van der Waals surface area contributed by atoms with Crippen LogP contribution in [0.1, 0.15) is 27.2 Å². The lowest BCUT2D eigenvalue weighted by atomic mass is 10.1. The molecule has 1 aromatic heterocycles. The predicted octanol–water partition coefficient (Wildman–Crippen LogP) is 5.50. The van der Waals surface area contributed by atoms with E-state index < -0.39 is 0 Å². The summed E-state index contributed by atoms with van der Waals surface area (Å²) in [4.78, 5) is 9.28. The van der Waals surface area contributed by atoms with Crippen molar-refractivity contribution >= 4 is 17.5 Å². The van der Waals surface area contributed by atoms with E-state index >= 15 is 0 Å². The van der Waals surface area contributed by atoms with Crippen molar-refractivity contribution in [2.24, 2.45) is 0 Å². The molecule has 1 heterocycles. The molecule has 0 saturated heterocycles. The number of anilines is 3. The van der Waals surface area contributed by atoms with Crippen LogP contribution in [0.5, 0.6) is 5.75 Å². The third kappa shape index (κ3) is 5.20. The molecular weight excluding hydrogens is 336 g/mol. The number of aromatic nitrogens is 2. The van der Waals surface area contributed by atoms with Crippen LogP contribution in [0, 0.1) is 0 Å². The summed E-state index contributed by atoms with van der Waals surface area (Å²) in [5, 5.41) is 6.67. The number of para-hydroxylation sites is 2. The molecule has 27 heavy (non-hydrogen) atoms. The van der Waals surface area contributed by atoms with Gasteiger partial charge in [-0.15, -0.1) is 0 Å². The lowest BCUT2D eigenvalue weighted by Crippen LogP contribution is -2.09. The van der Waals surface area contributed by atoms with Gasteiger partial charge in [0.25, 0.3) is 0 Å². The zero-order valence-corrected chi connectivity index (χ0v) is 16.1. The summed E-state index contributed by atoms with van der Waals surface area (Å²) in [6, 6.07) is 20.0. The quantitative estimate of drug-likeness (QED) is 0.554. The van der Waals surface area contributed by atoms with Crippen LogP contribution in [0.25, 0.3) is 11.3 Å². The van der Waals surface area contributed by atoms with E-state index in [1.54, 1.807) is 0 Å². The molecule has 2 N–H and O–H groups in total. The van der Waals surface area contributed by atoms with Crippen LogP contribution in [0.2, 0.25) is 0 Å². The van der Waals surface area contributed by atoms with Gasteiger partial charge < -0.3 is 15.4 Å². The number of rotatable bonds is 8. The van der Waals surface area contributed by atoms with Crippen LogP contribution in [0.15, 0.2) is 60.7 Å². The molecule has 0 aliphatic heterocycles. The zero-order valence-electron chi connectivity index (χ0n) is 16.1. The Morgan fingerprint density at radius 1 is 0.963 bits per heavy atom. The number of nitrogens with one attached hydrogen (secondary N) is 2. The molecule has 0 spiro atoms. The van der Waals surface area contributed by atoms with Gasteiger partial charge in [-0.3, -0.25) is 0 Å². The van der Waals surface area contributed by atoms with E-state index in [1.165, 1.54) is 0 Å². The largest absolute Gasteiger partial charge is 0.489 e. The highest BCUT2D eigenvalue weighted by molar-refractivity contribution is 5.69. The fraction of sp³-hybridized carbons (Fsp3) is 0.273. The minimum Gasteiger partial charge on any atom is -0.489 e. The molecule has 0 atom stereocenters. The molecule has 0 unspecified atom stereocenters. The van der Waals surface area contributed by atoms with Crippen molar-refractivity contribution < 1.29 is 4.74 Å². The fourth-order valence-electron chi connectivity index (χ4n) is 2.65. The van der Waals surface area contributed by atoms with Gasteiger partial charge in [0, 0.05) is 18.2 Å². The lowest BCUT2D eigenvalue weighted by Gasteiger charge is -2.16. The van der Waals surface area contributed by atoms with Crippen molar-refractivity contribution in [3.05, 3.63) is 60.7 Å². The average Bonchev–Trinajstić information content (AvgIpc) is 2.68. The second kappa shape index (κ2) is 9.03. The third-order valence-electron chi connectivity index (χ3n) is 3.84. The molecule has 0 radical (unpaired) electrons. The minimum atomic E-state index is 0.0972. The van der Waals surface area contributed by atoms with Gasteiger partial charge >= 0.3 is 0 Å². The van der Waals surface area contributed by atoms with Crippen molar-refractivity contribution in [3.63, 3.8) is 0 Å². The van der Waals surface area contributed by atoms with Crippen molar-refractivity contribution in [1.82, 2.24) is 9.97 Å². The van der Waals surface area contributed by atoms with Gasteiger partial charge in [-0.25, -0.2) is 4.98 Å².